The largest absolute Gasteiger partial charge is 0.482 e. The second-order valence-corrected chi connectivity index (χ2v) is 4.85. The Kier molecular flexibility index (Phi) is 4.64. The third-order valence-electron chi connectivity index (χ3n) is 2.80. The summed E-state index contributed by atoms with van der Waals surface area (Å²) in [5.41, 5.74) is 1.81. The van der Waals surface area contributed by atoms with Gasteiger partial charge in [0, 0.05) is 5.02 Å². The van der Waals surface area contributed by atoms with Crippen LogP contribution in [0.2, 0.25) is 5.02 Å². The molecule has 0 radical (unpaired) electrons. The molecular weight excluding hydrogens is 276 g/mol. The molecule has 0 saturated carbocycles. The van der Waals surface area contributed by atoms with Crippen molar-refractivity contribution in [3.8, 4) is 11.5 Å². The van der Waals surface area contributed by atoms with Crippen molar-refractivity contribution in [2.75, 3.05) is 6.61 Å². The Balaban J connectivity index is 1.92. The van der Waals surface area contributed by atoms with Crippen molar-refractivity contribution >= 4 is 17.6 Å². The molecule has 2 aromatic carbocycles. The first kappa shape index (κ1) is 14.4. The predicted molar refractivity (Wildman–Crippen MR) is 78.5 cm³/mol. The zero-order chi connectivity index (χ0) is 14.5. The number of esters is 1. The van der Waals surface area contributed by atoms with Crippen molar-refractivity contribution in [3.05, 3.63) is 58.6 Å². The fourth-order valence-corrected chi connectivity index (χ4v) is 1.79. The molecule has 0 fully saturated rings. The maximum absolute atomic E-state index is 11.7. The van der Waals surface area contributed by atoms with Gasteiger partial charge >= 0.3 is 5.97 Å². The number of carbonyl (C=O) groups is 1. The highest BCUT2D eigenvalue weighted by Crippen LogP contribution is 2.21. The maximum Gasteiger partial charge on any atom is 0.349 e. The lowest BCUT2D eigenvalue weighted by molar-refractivity contribution is -0.136. The van der Waals surface area contributed by atoms with Crippen LogP contribution in [0.3, 0.4) is 0 Å². The summed E-state index contributed by atoms with van der Waals surface area (Å²) >= 11 is 5.92. The van der Waals surface area contributed by atoms with Gasteiger partial charge in [-0.2, -0.15) is 0 Å². The number of carbonyl (C=O) groups excluding carboxylic acids is 1. The molecule has 0 atom stereocenters. The van der Waals surface area contributed by atoms with Crippen LogP contribution in [0, 0.1) is 13.8 Å². The minimum absolute atomic E-state index is 0.143. The molecule has 104 valence electrons. The Hall–Kier alpha value is -2.00. The zero-order valence-electron chi connectivity index (χ0n) is 11.4. The topological polar surface area (TPSA) is 35.5 Å². The summed E-state index contributed by atoms with van der Waals surface area (Å²) < 4.78 is 10.6. The maximum atomic E-state index is 11.7. The van der Waals surface area contributed by atoms with Gasteiger partial charge in [0.2, 0.25) is 0 Å². The van der Waals surface area contributed by atoms with Gasteiger partial charge in [-0.3, -0.25) is 0 Å². The van der Waals surface area contributed by atoms with Crippen LogP contribution in [-0.4, -0.2) is 12.6 Å². The van der Waals surface area contributed by atoms with E-state index in [1.165, 1.54) is 0 Å². The first-order valence-electron chi connectivity index (χ1n) is 6.21. The lowest BCUT2D eigenvalue weighted by Gasteiger charge is -2.09. The normalized spacial score (nSPS) is 10.2. The average molecular weight is 291 g/mol. The van der Waals surface area contributed by atoms with Crippen molar-refractivity contribution in [1.82, 2.24) is 0 Å². The van der Waals surface area contributed by atoms with Crippen molar-refractivity contribution in [2.45, 2.75) is 13.8 Å². The molecule has 2 aromatic rings. The van der Waals surface area contributed by atoms with E-state index in [1.807, 2.05) is 32.0 Å². The van der Waals surface area contributed by atoms with Crippen molar-refractivity contribution in [3.63, 3.8) is 0 Å². The van der Waals surface area contributed by atoms with Crippen LogP contribution in [0.1, 0.15) is 11.1 Å². The third kappa shape index (κ3) is 3.75. The van der Waals surface area contributed by atoms with Crippen LogP contribution >= 0.6 is 11.6 Å². The minimum atomic E-state index is -0.438. The molecule has 0 bridgehead atoms. The van der Waals surface area contributed by atoms with Crippen LogP contribution in [0.4, 0.5) is 0 Å². The zero-order valence-corrected chi connectivity index (χ0v) is 12.1. The Bertz CT molecular complexity index is 623. The molecule has 0 unspecified atom stereocenters. The number of rotatable bonds is 4. The average Bonchev–Trinajstić information content (AvgIpc) is 2.43. The highest BCUT2D eigenvalue weighted by Gasteiger charge is 2.08. The summed E-state index contributed by atoms with van der Waals surface area (Å²) in [4.78, 5) is 11.7. The second-order valence-electron chi connectivity index (χ2n) is 4.44. The SMILES string of the molecule is Cc1cc(OCC(=O)Oc2ccccc2C)ccc1Cl. The van der Waals surface area contributed by atoms with Gasteiger partial charge in [-0.1, -0.05) is 29.8 Å². The van der Waals surface area contributed by atoms with Crippen LogP contribution in [0.25, 0.3) is 0 Å². The molecule has 0 aliphatic heterocycles. The van der Waals surface area contributed by atoms with Gasteiger partial charge < -0.3 is 9.47 Å². The van der Waals surface area contributed by atoms with Gasteiger partial charge in [-0.25, -0.2) is 4.79 Å². The van der Waals surface area contributed by atoms with E-state index in [9.17, 15) is 4.79 Å². The van der Waals surface area contributed by atoms with Crippen LogP contribution < -0.4 is 9.47 Å². The molecule has 2 rings (SSSR count). The van der Waals surface area contributed by atoms with Gasteiger partial charge in [0.25, 0.3) is 0 Å². The van der Waals surface area contributed by atoms with Gasteiger partial charge in [-0.15, -0.1) is 0 Å². The minimum Gasteiger partial charge on any atom is -0.482 e. The Morgan fingerprint density at radius 1 is 1.10 bits per heavy atom. The summed E-state index contributed by atoms with van der Waals surface area (Å²) in [6, 6.07) is 12.6. The lowest BCUT2D eigenvalue weighted by atomic mass is 10.2. The summed E-state index contributed by atoms with van der Waals surface area (Å²) in [6.07, 6.45) is 0. The Labute approximate surface area is 123 Å². The standard InChI is InChI=1S/C16H15ClO3/c1-11-5-3-4-6-15(11)20-16(18)10-19-13-7-8-14(17)12(2)9-13/h3-9H,10H2,1-2H3. The predicted octanol–water partition coefficient (Wildman–Crippen LogP) is 3.94. The van der Waals surface area contributed by atoms with Crippen LogP contribution in [0.15, 0.2) is 42.5 Å². The highest BCUT2D eigenvalue weighted by atomic mass is 35.5. The Morgan fingerprint density at radius 2 is 1.85 bits per heavy atom. The first-order chi connectivity index (χ1) is 9.56. The number of aryl methyl sites for hydroxylation is 2. The van der Waals surface area contributed by atoms with Gasteiger partial charge in [0.05, 0.1) is 0 Å². The molecule has 0 saturated heterocycles. The molecule has 4 heteroatoms. The van der Waals surface area contributed by atoms with E-state index in [1.54, 1.807) is 24.3 Å². The number of para-hydroxylation sites is 1. The highest BCUT2D eigenvalue weighted by molar-refractivity contribution is 6.31. The third-order valence-corrected chi connectivity index (χ3v) is 3.23. The molecule has 0 amide bonds. The molecule has 3 nitrogen and oxygen atoms in total. The van der Waals surface area contributed by atoms with Crippen LogP contribution in [0.5, 0.6) is 11.5 Å². The smallest absolute Gasteiger partial charge is 0.349 e. The molecule has 0 aliphatic carbocycles. The number of ether oxygens (including phenoxy) is 2. The van der Waals surface area contributed by atoms with Crippen LogP contribution in [-0.2, 0) is 4.79 Å². The lowest BCUT2D eigenvalue weighted by Crippen LogP contribution is -2.18. The number of halogens is 1. The number of benzene rings is 2. The van der Waals surface area contributed by atoms with E-state index < -0.39 is 5.97 Å². The summed E-state index contributed by atoms with van der Waals surface area (Å²) in [5, 5.41) is 0.667. The monoisotopic (exact) mass is 290 g/mol. The summed E-state index contributed by atoms with van der Waals surface area (Å²) in [5.74, 6) is 0.703. The summed E-state index contributed by atoms with van der Waals surface area (Å²) in [7, 11) is 0. The molecular formula is C16H15ClO3. The van der Waals surface area contributed by atoms with E-state index in [-0.39, 0.29) is 6.61 Å². The molecule has 0 N–H and O–H groups in total. The number of hydrogen-bond acceptors (Lipinski definition) is 3. The molecule has 0 aliphatic rings. The quantitative estimate of drug-likeness (QED) is 0.632. The van der Waals surface area contributed by atoms with E-state index in [4.69, 9.17) is 21.1 Å². The van der Waals surface area contributed by atoms with Gasteiger partial charge in [-0.05, 0) is 49.2 Å². The molecule has 0 heterocycles. The Morgan fingerprint density at radius 3 is 2.55 bits per heavy atom. The summed E-state index contributed by atoms with van der Waals surface area (Å²) in [6.45, 7) is 3.61. The number of hydrogen-bond donors (Lipinski definition) is 0. The van der Waals surface area contributed by atoms with E-state index in [0.29, 0.717) is 16.5 Å². The fraction of sp³-hybridized carbons (Fsp3) is 0.188. The van der Waals surface area contributed by atoms with Crippen molar-refractivity contribution in [2.24, 2.45) is 0 Å². The molecule has 0 aromatic heterocycles. The van der Waals surface area contributed by atoms with E-state index in [0.717, 1.165) is 11.1 Å². The van der Waals surface area contributed by atoms with Gasteiger partial charge in [0.15, 0.2) is 6.61 Å². The van der Waals surface area contributed by atoms with Crippen molar-refractivity contribution in [1.29, 1.82) is 0 Å². The van der Waals surface area contributed by atoms with E-state index in [2.05, 4.69) is 0 Å². The van der Waals surface area contributed by atoms with Crippen molar-refractivity contribution < 1.29 is 14.3 Å². The first-order valence-corrected chi connectivity index (χ1v) is 6.59. The second kappa shape index (κ2) is 6.44. The van der Waals surface area contributed by atoms with E-state index >= 15 is 0 Å². The fourth-order valence-electron chi connectivity index (χ4n) is 1.67. The van der Waals surface area contributed by atoms with Gasteiger partial charge in [0.1, 0.15) is 11.5 Å². The molecule has 0 spiro atoms. The molecule has 20 heavy (non-hydrogen) atoms.